The van der Waals surface area contributed by atoms with Crippen molar-refractivity contribution in [3.8, 4) is 0 Å². The number of hydrogen-bond donors (Lipinski definition) is 0. The summed E-state index contributed by atoms with van der Waals surface area (Å²) in [5.41, 5.74) is 0.719. The number of amides is 1. The Morgan fingerprint density at radius 2 is 2.12 bits per heavy atom. The molecule has 1 fully saturated rings. The maximum atomic E-state index is 11.6. The van der Waals surface area contributed by atoms with Gasteiger partial charge in [-0.25, -0.2) is 4.98 Å². The molecule has 1 aliphatic heterocycles. The SMILES string of the molecule is CN1CCN(Cc2nc(Cl)ccc2Cl)CC1=O. The van der Waals surface area contributed by atoms with Crippen molar-refractivity contribution in [2.24, 2.45) is 0 Å². The average Bonchev–Trinajstić information content (AvgIpc) is 2.29. The summed E-state index contributed by atoms with van der Waals surface area (Å²) in [5.74, 6) is 0.120. The van der Waals surface area contributed by atoms with Crippen LogP contribution in [0.3, 0.4) is 0 Å². The van der Waals surface area contributed by atoms with Gasteiger partial charge in [-0.15, -0.1) is 0 Å². The summed E-state index contributed by atoms with van der Waals surface area (Å²) in [5, 5.41) is 1.01. The number of halogens is 2. The predicted molar refractivity (Wildman–Crippen MR) is 67.2 cm³/mol. The van der Waals surface area contributed by atoms with Crippen LogP contribution in [0.5, 0.6) is 0 Å². The number of pyridine rings is 1. The van der Waals surface area contributed by atoms with E-state index in [-0.39, 0.29) is 5.91 Å². The van der Waals surface area contributed by atoms with Crippen molar-refractivity contribution in [2.75, 3.05) is 26.7 Å². The molecular formula is C11H13Cl2N3O. The predicted octanol–water partition coefficient (Wildman–Crippen LogP) is 1.66. The fraction of sp³-hybridized carbons (Fsp3) is 0.455. The molecule has 0 bridgehead atoms. The van der Waals surface area contributed by atoms with E-state index in [1.807, 2.05) is 11.9 Å². The Morgan fingerprint density at radius 3 is 2.82 bits per heavy atom. The Hall–Kier alpha value is -0.840. The highest BCUT2D eigenvalue weighted by Gasteiger charge is 2.21. The molecule has 0 aromatic carbocycles. The van der Waals surface area contributed by atoms with Crippen LogP contribution < -0.4 is 0 Å². The fourth-order valence-electron chi connectivity index (χ4n) is 1.72. The molecule has 0 spiro atoms. The molecule has 0 unspecified atom stereocenters. The highest BCUT2D eigenvalue weighted by molar-refractivity contribution is 6.32. The maximum Gasteiger partial charge on any atom is 0.236 e. The lowest BCUT2D eigenvalue weighted by molar-refractivity contribution is -0.134. The molecule has 4 nitrogen and oxygen atoms in total. The van der Waals surface area contributed by atoms with E-state index in [0.29, 0.717) is 23.3 Å². The molecule has 1 amide bonds. The minimum Gasteiger partial charge on any atom is -0.343 e. The molecule has 0 radical (unpaired) electrons. The molecule has 1 saturated heterocycles. The first-order chi connectivity index (χ1) is 8.06. The van der Waals surface area contributed by atoms with Crippen LogP contribution in [0.4, 0.5) is 0 Å². The number of hydrogen-bond acceptors (Lipinski definition) is 3. The molecule has 17 heavy (non-hydrogen) atoms. The first-order valence-corrected chi connectivity index (χ1v) is 6.09. The molecule has 1 aliphatic rings. The molecule has 0 saturated carbocycles. The highest BCUT2D eigenvalue weighted by atomic mass is 35.5. The number of nitrogens with zero attached hydrogens (tertiary/aromatic N) is 3. The van der Waals surface area contributed by atoms with E-state index in [1.54, 1.807) is 17.0 Å². The molecule has 1 aromatic rings. The lowest BCUT2D eigenvalue weighted by Gasteiger charge is -2.31. The van der Waals surface area contributed by atoms with E-state index in [0.717, 1.165) is 18.8 Å². The normalized spacial score (nSPS) is 17.6. The summed E-state index contributed by atoms with van der Waals surface area (Å²) in [6.07, 6.45) is 0. The van der Waals surface area contributed by atoms with Gasteiger partial charge in [-0.2, -0.15) is 0 Å². The zero-order valence-electron chi connectivity index (χ0n) is 9.49. The molecule has 2 heterocycles. The van der Waals surface area contributed by atoms with Crippen LogP contribution in [0, 0.1) is 0 Å². The third-order valence-electron chi connectivity index (χ3n) is 2.79. The van der Waals surface area contributed by atoms with Gasteiger partial charge in [0.1, 0.15) is 5.15 Å². The first kappa shape index (κ1) is 12.6. The quantitative estimate of drug-likeness (QED) is 0.770. The van der Waals surface area contributed by atoms with Crippen molar-refractivity contribution in [2.45, 2.75) is 6.54 Å². The minimum absolute atomic E-state index is 0.120. The van der Waals surface area contributed by atoms with Gasteiger partial charge in [0.25, 0.3) is 0 Å². The smallest absolute Gasteiger partial charge is 0.236 e. The molecular weight excluding hydrogens is 261 g/mol. The number of carbonyl (C=O) groups is 1. The van der Waals surface area contributed by atoms with E-state index in [4.69, 9.17) is 23.2 Å². The van der Waals surface area contributed by atoms with Gasteiger partial charge in [0, 0.05) is 26.7 Å². The van der Waals surface area contributed by atoms with Gasteiger partial charge < -0.3 is 4.90 Å². The van der Waals surface area contributed by atoms with Gasteiger partial charge in [-0.3, -0.25) is 9.69 Å². The fourth-order valence-corrected chi connectivity index (χ4v) is 2.05. The highest BCUT2D eigenvalue weighted by Crippen LogP contribution is 2.19. The Balaban J connectivity index is 2.06. The van der Waals surface area contributed by atoms with Gasteiger partial charge in [-0.1, -0.05) is 23.2 Å². The molecule has 92 valence electrons. The van der Waals surface area contributed by atoms with Gasteiger partial charge in [0.2, 0.25) is 5.91 Å². The minimum atomic E-state index is 0.120. The van der Waals surface area contributed by atoms with Crippen LogP contribution in [0.15, 0.2) is 12.1 Å². The molecule has 0 atom stereocenters. The summed E-state index contributed by atoms with van der Waals surface area (Å²) < 4.78 is 0. The summed E-state index contributed by atoms with van der Waals surface area (Å²) in [6.45, 7) is 2.52. The van der Waals surface area contributed by atoms with Crippen LogP contribution in [0.2, 0.25) is 10.2 Å². The number of likely N-dealkylation sites (N-methyl/N-ethyl adjacent to an activating group) is 1. The second-order valence-electron chi connectivity index (χ2n) is 4.09. The second-order valence-corrected chi connectivity index (χ2v) is 4.88. The van der Waals surface area contributed by atoms with Gasteiger partial charge in [-0.05, 0) is 12.1 Å². The van der Waals surface area contributed by atoms with Crippen LogP contribution >= 0.6 is 23.2 Å². The summed E-state index contributed by atoms with van der Waals surface area (Å²) in [4.78, 5) is 19.5. The zero-order valence-corrected chi connectivity index (χ0v) is 11.0. The number of rotatable bonds is 2. The Kier molecular flexibility index (Phi) is 3.86. The van der Waals surface area contributed by atoms with Gasteiger partial charge in [0.05, 0.1) is 17.3 Å². The monoisotopic (exact) mass is 273 g/mol. The van der Waals surface area contributed by atoms with Crippen LogP contribution in [-0.4, -0.2) is 47.4 Å². The van der Waals surface area contributed by atoms with Crippen LogP contribution in [-0.2, 0) is 11.3 Å². The van der Waals surface area contributed by atoms with Gasteiger partial charge >= 0.3 is 0 Å². The topological polar surface area (TPSA) is 36.4 Å². The summed E-state index contributed by atoms with van der Waals surface area (Å²) in [7, 11) is 1.81. The van der Waals surface area contributed by atoms with Crippen molar-refractivity contribution in [3.05, 3.63) is 28.0 Å². The van der Waals surface area contributed by atoms with Crippen LogP contribution in [0.1, 0.15) is 5.69 Å². The van der Waals surface area contributed by atoms with Crippen molar-refractivity contribution >= 4 is 29.1 Å². The molecule has 1 aromatic heterocycles. The van der Waals surface area contributed by atoms with E-state index >= 15 is 0 Å². The first-order valence-electron chi connectivity index (χ1n) is 5.33. The van der Waals surface area contributed by atoms with Crippen molar-refractivity contribution in [1.82, 2.24) is 14.8 Å². The van der Waals surface area contributed by atoms with E-state index in [1.165, 1.54) is 0 Å². The third-order valence-corrected chi connectivity index (χ3v) is 3.35. The Labute approximate surface area is 110 Å². The third kappa shape index (κ3) is 3.09. The van der Waals surface area contributed by atoms with E-state index < -0.39 is 0 Å². The molecule has 0 N–H and O–H groups in total. The van der Waals surface area contributed by atoms with Crippen LogP contribution in [0.25, 0.3) is 0 Å². The average molecular weight is 274 g/mol. The summed E-state index contributed by atoms with van der Waals surface area (Å²) >= 11 is 11.9. The second kappa shape index (κ2) is 5.21. The maximum absolute atomic E-state index is 11.6. The molecule has 2 rings (SSSR count). The molecule has 0 aliphatic carbocycles. The van der Waals surface area contributed by atoms with Crippen molar-refractivity contribution < 1.29 is 4.79 Å². The number of piperazine rings is 1. The molecule has 6 heteroatoms. The lowest BCUT2D eigenvalue weighted by Crippen LogP contribution is -2.48. The lowest BCUT2D eigenvalue weighted by atomic mass is 10.2. The standard InChI is InChI=1S/C11H13Cl2N3O/c1-15-4-5-16(7-11(15)17)6-9-8(12)2-3-10(13)14-9/h2-3H,4-7H2,1H3. The number of aromatic nitrogens is 1. The van der Waals surface area contributed by atoms with E-state index in [9.17, 15) is 4.79 Å². The Morgan fingerprint density at radius 1 is 1.35 bits per heavy atom. The van der Waals surface area contributed by atoms with Gasteiger partial charge in [0.15, 0.2) is 0 Å². The number of carbonyl (C=O) groups excluding carboxylic acids is 1. The largest absolute Gasteiger partial charge is 0.343 e. The zero-order chi connectivity index (χ0) is 12.4. The Bertz CT molecular complexity index is 439. The summed E-state index contributed by atoms with van der Waals surface area (Å²) in [6, 6.07) is 3.38. The van der Waals surface area contributed by atoms with Crippen molar-refractivity contribution in [1.29, 1.82) is 0 Å². The van der Waals surface area contributed by atoms with Crippen molar-refractivity contribution in [3.63, 3.8) is 0 Å². The van der Waals surface area contributed by atoms with E-state index in [2.05, 4.69) is 4.98 Å².